The van der Waals surface area contributed by atoms with Gasteiger partial charge >= 0.3 is 17.8 Å². The molecule has 2 heterocycles. The van der Waals surface area contributed by atoms with Crippen LogP contribution in [0.2, 0.25) is 0 Å². The minimum atomic E-state index is -5.34. The third kappa shape index (κ3) is 5.93. The topological polar surface area (TPSA) is 196 Å². The summed E-state index contributed by atoms with van der Waals surface area (Å²) < 4.78 is 69.9. The first-order valence-corrected chi connectivity index (χ1v) is 11.7. The van der Waals surface area contributed by atoms with Crippen molar-refractivity contribution in [1.29, 1.82) is 5.41 Å². The van der Waals surface area contributed by atoms with Crippen LogP contribution in [0.5, 0.6) is 17.2 Å². The lowest BCUT2D eigenvalue weighted by Crippen LogP contribution is -2.29. The second-order valence-electron chi connectivity index (χ2n) is 8.46. The maximum Gasteiger partial charge on any atom is 0.491 e. The average molecular weight is 590 g/mol. The van der Waals surface area contributed by atoms with Crippen molar-refractivity contribution in [2.45, 2.75) is 12.2 Å². The molecule has 4 aromatic rings. The van der Waals surface area contributed by atoms with Crippen molar-refractivity contribution in [1.82, 2.24) is 19.7 Å². The summed E-state index contributed by atoms with van der Waals surface area (Å²) in [4.78, 5) is 30.9. The highest BCUT2D eigenvalue weighted by molar-refractivity contribution is 5.99. The average Bonchev–Trinajstić information content (AvgIpc) is 3.32. The van der Waals surface area contributed by atoms with Crippen molar-refractivity contribution < 1.29 is 36.6 Å². The number of carbonyl (C=O) groups is 1. The lowest BCUT2D eigenvalue weighted by molar-refractivity contribution is -0.189. The Hall–Kier alpha value is -5.61. The fraction of sp³-hybridized carbons (Fsp3) is 0.160. The Kier molecular flexibility index (Phi) is 8.03. The zero-order chi connectivity index (χ0) is 30.8. The molecule has 220 valence electrons. The van der Waals surface area contributed by atoms with Crippen LogP contribution in [-0.2, 0) is 4.79 Å². The number of nitrogens with one attached hydrogen (secondary N) is 3. The quantitative estimate of drug-likeness (QED) is 0.0635. The molecule has 1 unspecified atom stereocenters. The van der Waals surface area contributed by atoms with Crippen LogP contribution in [0.1, 0.15) is 23.0 Å². The van der Waals surface area contributed by atoms with Gasteiger partial charge in [-0.1, -0.05) is 0 Å². The number of esters is 1. The molecule has 0 aliphatic carbocycles. The number of methoxy groups -OCH3 is 2. The van der Waals surface area contributed by atoms with Crippen molar-refractivity contribution in [3.63, 3.8) is 0 Å². The van der Waals surface area contributed by atoms with E-state index in [9.17, 15) is 22.8 Å². The highest BCUT2D eigenvalue weighted by atomic mass is 19.4. The molecule has 4 rings (SSSR count). The van der Waals surface area contributed by atoms with Crippen molar-refractivity contribution in [3.8, 4) is 23.1 Å². The maximum absolute atomic E-state index is 15.5. The SMILES string of the molecule is COc1cc(F)c(C(Nc2ccc(C(=N)N)c(OC(=O)C(F)(F)F)c2)c2nn(-c3ncccc3N)c(=O)[nH]2)cc1OC. The van der Waals surface area contributed by atoms with Crippen LogP contribution in [-0.4, -0.2) is 51.9 Å². The van der Waals surface area contributed by atoms with Gasteiger partial charge in [-0.05, 0) is 30.3 Å². The number of nitrogens with two attached hydrogens (primary N) is 2. The number of rotatable bonds is 9. The van der Waals surface area contributed by atoms with Crippen LogP contribution in [0.3, 0.4) is 0 Å². The number of amidine groups is 1. The number of ether oxygens (including phenoxy) is 3. The van der Waals surface area contributed by atoms with Crippen LogP contribution in [0, 0.1) is 11.2 Å². The van der Waals surface area contributed by atoms with Gasteiger partial charge in [-0.2, -0.15) is 17.9 Å². The van der Waals surface area contributed by atoms with E-state index in [0.717, 1.165) is 22.9 Å². The number of aromatic nitrogens is 4. The number of hydrogen-bond acceptors (Lipinski definition) is 10. The molecule has 42 heavy (non-hydrogen) atoms. The summed E-state index contributed by atoms with van der Waals surface area (Å²) in [5, 5.41) is 14.7. The van der Waals surface area contributed by atoms with Crippen molar-refractivity contribution in [3.05, 3.63) is 81.9 Å². The third-order valence-corrected chi connectivity index (χ3v) is 5.76. The van der Waals surface area contributed by atoms with Gasteiger partial charge in [0, 0.05) is 29.6 Å². The summed E-state index contributed by atoms with van der Waals surface area (Å²) in [6.45, 7) is 0. The maximum atomic E-state index is 15.5. The smallest absolute Gasteiger partial charge is 0.491 e. The number of halogens is 4. The Morgan fingerprint density at radius 1 is 1.12 bits per heavy atom. The van der Waals surface area contributed by atoms with Gasteiger partial charge in [0.1, 0.15) is 23.4 Å². The van der Waals surface area contributed by atoms with Gasteiger partial charge in [0.05, 0.1) is 25.5 Å². The number of nitrogen functional groups attached to an aromatic ring is 2. The number of anilines is 2. The molecule has 1 atom stereocenters. The summed E-state index contributed by atoms with van der Waals surface area (Å²) in [6, 6.07) is 7.27. The molecule has 7 N–H and O–H groups in total. The van der Waals surface area contributed by atoms with E-state index in [0.29, 0.717) is 0 Å². The van der Waals surface area contributed by atoms with Crippen LogP contribution in [0.25, 0.3) is 5.82 Å². The molecule has 2 aromatic carbocycles. The van der Waals surface area contributed by atoms with E-state index >= 15 is 4.39 Å². The second kappa shape index (κ2) is 11.5. The molecule has 0 spiro atoms. The predicted molar refractivity (Wildman–Crippen MR) is 141 cm³/mol. The normalized spacial score (nSPS) is 12.0. The van der Waals surface area contributed by atoms with E-state index in [4.69, 9.17) is 26.4 Å². The molecule has 0 saturated heterocycles. The minimum absolute atomic E-state index is 0.0244. The second-order valence-corrected chi connectivity index (χ2v) is 8.46. The number of alkyl halides is 3. The first-order valence-electron chi connectivity index (χ1n) is 11.7. The number of hydrogen-bond donors (Lipinski definition) is 5. The van der Waals surface area contributed by atoms with Gasteiger partial charge in [0.2, 0.25) is 0 Å². The van der Waals surface area contributed by atoms with E-state index in [2.05, 4.69) is 25.1 Å². The standard InChI is InChI=1S/C25H22F4N8O5/c1-40-17-9-13(14(26)10-18(17)41-2)19(21-35-24(39)37(36-21)22-15(30)4-3-7-33-22)34-11-5-6-12(20(31)32)16(8-11)42-23(38)25(27,28)29/h3-10,19,34H,30H2,1-2H3,(H3,31,32)(H,35,36,39). The molecular weight excluding hydrogens is 568 g/mol. The van der Waals surface area contributed by atoms with Crippen LogP contribution in [0.15, 0.2) is 53.5 Å². The van der Waals surface area contributed by atoms with Gasteiger partial charge in [0.15, 0.2) is 23.1 Å². The Morgan fingerprint density at radius 3 is 2.43 bits per heavy atom. The summed E-state index contributed by atoms with van der Waals surface area (Å²) >= 11 is 0. The first-order chi connectivity index (χ1) is 19.8. The summed E-state index contributed by atoms with van der Waals surface area (Å²) in [7, 11) is 2.60. The molecule has 0 saturated carbocycles. The third-order valence-electron chi connectivity index (χ3n) is 5.76. The van der Waals surface area contributed by atoms with Crippen LogP contribution in [0.4, 0.5) is 28.9 Å². The molecule has 0 bridgehead atoms. The molecule has 2 aromatic heterocycles. The first kappa shape index (κ1) is 29.4. The Morgan fingerprint density at radius 2 is 1.81 bits per heavy atom. The van der Waals surface area contributed by atoms with Gasteiger partial charge in [0.25, 0.3) is 0 Å². The monoisotopic (exact) mass is 590 g/mol. The summed E-state index contributed by atoms with van der Waals surface area (Å²) in [5.41, 5.74) is 10.2. The van der Waals surface area contributed by atoms with Crippen LogP contribution >= 0.6 is 0 Å². The van der Waals surface area contributed by atoms with Crippen molar-refractivity contribution in [2.24, 2.45) is 5.73 Å². The number of benzene rings is 2. The lowest BCUT2D eigenvalue weighted by Gasteiger charge is -2.21. The van der Waals surface area contributed by atoms with Gasteiger partial charge in [-0.15, -0.1) is 5.10 Å². The molecular formula is C25H22F4N8O5. The molecule has 13 nitrogen and oxygen atoms in total. The molecule has 0 aliphatic rings. The molecule has 0 aliphatic heterocycles. The van der Waals surface area contributed by atoms with Crippen molar-refractivity contribution in [2.75, 3.05) is 25.3 Å². The predicted octanol–water partition coefficient (Wildman–Crippen LogP) is 2.65. The van der Waals surface area contributed by atoms with Gasteiger partial charge in [-0.3, -0.25) is 10.4 Å². The highest BCUT2D eigenvalue weighted by Crippen LogP contribution is 2.36. The lowest BCUT2D eigenvalue weighted by atomic mass is 10.0. The van der Waals surface area contributed by atoms with E-state index in [-0.39, 0.29) is 45.6 Å². The Balaban J connectivity index is 1.87. The fourth-order valence-corrected chi connectivity index (χ4v) is 3.83. The van der Waals surface area contributed by atoms with Crippen LogP contribution < -0.4 is 36.7 Å². The minimum Gasteiger partial charge on any atom is -0.493 e. The van der Waals surface area contributed by atoms with Gasteiger partial charge < -0.3 is 31.0 Å². The van der Waals surface area contributed by atoms with Crippen molar-refractivity contribution >= 4 is 23.2 Å². The summed E-state index contributed by atoms with van der Waals surface area (Å²) in [6.07, 6.45) is -3.97. The number of pyridine rings is 1. The summed E-state index contributed by atoms with van der Waals surface area (Å²) in [5.74, 6) is -4.85. The zero-order valence-corrected chi connectivity index (χ0v) is 21.7. The van der Waals surface area contributed by atoms with E-state index < -0.39 is 41.3 Å². The molecule has 17 heteroatoms. The number of carbonyl (C=O) groups excluding carboxylic acids is 1. The van der Waals surface area contributed by atoms with E-state index in [1.54, 1.807) is 0 Å². The highest BCUT2D eigenvalue weighted by Gasteiger charge is 2.42. The Labute approximate surface area is 233 Å². The molecule has 0 amide bonds. The largest absolute Gasteiger partial charge is 0.493 e. The number of H-pyrrole nitrogens is 1. The Bertz CT molecular complexity index is 1720. The van der Waals surface area contributed by atoms with E-state index in [1.165, 1.54) is 44.7 Å². The number of aromatic amines is 1. The zero-order valence-electron chi connectivity index (χ0n) is 21.7. The number of nitrogens with zero attached hydrogens (tertiary/aromatic N) is 3. The fourth-order valence-electron chi connectivity index (χ4n) is 3.83. The molecule has 0 radical (unpaired) electrons. The van der Waals surface area contributed by atoms with E-state index in [1.807, 2.05) is 0 Å². The molecule has 0 fully saturated rings. The van der Waals surface area contributed by atoms with Gasteiger partial charge in [-0.25, -0.2) is 19.0 Å².